The molecule has 0 unspecified atom stereocenters. The van der Waals surface area contributed by atoms with Crippen LogP contribution in [0.1, 0.15) is 40.9 Å². The van der Waals surface area contributed by atoms with Crippen LogP contribution < -0.4 is 26.8 Å². The molecule has 0 fully saturated rings. The van der Waals surface area contributed by atoms with Crippen LogP contribution in [0.15, 0.2) is 52.1 Å². The molecule has 0 spiro atoms. The third kappa shape index (κ3) is 3.24. The lowest BCUT2D eigenvalue weighted by Crippen LogP contribution is -2.37. The first-order chi connectivity index (χ1) is 14.0. The fourth-order valence-corrected chi connectivity index (χ4v) is 3.66. The molecule has 0 saturated heterocycles. The molecule has 148 valence electrons. The van der Waals surface area contributed by atoms with E-state index < -0.39 is 10.9 Å². The Morgan fingerprint density at radius 1 is 1.03 bits per heavy atom. The molecule has 7 heteroatoms. The second-order valence-corrected chi connectivity index (χ2v) is 7.05. The zero-order chi connectivity index (χ0) is 20.5. The molecule has 1 atom stereocenters. The second-order valence-electron chi connectivity index (χ2n) is 7.05. The Hall–Kier alpha value is -3.61. The summed E-state index contributed by atoms with van der Waals surface area (Å²) >= 11 is 0. The van der Waals surface area contributed by atoms with Gasteiger partial charge in [-0.1, -0.05) is 43.3 Å². The number of rotatable bonds is 6. The molecule has 0 saturated carbocycles. The van der Waals surface area contributed by atoms with E-state index in [2.05, 4.69) is 16.0 Å². The first kappa shape index (κ1) is 18.7. The Kier molecular flexibility index (Phi) is 4.80. The first-order valence-corrected chi connectivity index (χ1v) is 9.56. The van der Waals surface area contributed by atoms with E-state index in [4.69, 9.17) is 0 Å². The van der Waals surface area contributed by atoms with E-state index in [0.717, 1.165) is 11.1 Å². The number of phenols is 1. The Morgan fingerprint density at radius 3 is 2.48 bits per heavy atom. The van der Waals surface area contributed by atoms with Crippen LogP contribution in [-0.2, 0) is 6.42 Å². The van der Waals surface area contributed by atoms with E-state index >= 15 is 0 Å². The van der Waals surface area contributed by atoms with Crippen LogP contribution in [-0.4, -0.2) is 17.6 Å². The van der Waals surface area contributed by atoms with Crippen molar-refractivity contribution >= 4 is 23.0 Å². The molecular formula is C22H21N3O4. The fraction of sp³-hybridized carbons (Fsp3) is 0.227. The highest BCUT2D eigenvalue weighted by molar-refractivity contribution is 6.01. The number of anilines is 3. The third-order valence-corrected chi connectivity index (χ3v) is 5.27. The van der Waals surface area contributed by atoms with Crippen LogP contribution in [0.25, 0.3) is 0 Å². The van der Waals surface area contributed by atoms with E-state index in [1.54, 1.807) is 12.1 Å². The number of fused-ring (bicyclic) bond motifs is 1. The van der Waals surface area contributed by atoms with E-state index in [1.165, 1.54) is 0 Å². The fourth-order valence-electron chi connectivity index (χ4n) is 3.66. The molecule has 0 aromatic heterocycles. The summed E-state index contributed by atoms with van der Waals surface area (Å²) in [6.45, 7) is 2.50. The summed E-state index contributed by atoms with van der Waals surface area (Å²) in [6, 6.07) is 12.9. The highest BCUT2D eigenvalue weighted by Gasteiger charge is 2.27. The number of carbonyl (C=O) groups excluding carboxylic acids is 1. The average Bonchev–Trinajstić information content (AvgIpc) is 2.75. The minimum Gasteiger partial charge on any atom is -0.505 e. The zero-order valence-electron chi connectivity index (χ0n) is 15.9. The van der Waals surface area contributed by atoms with Crippen molar-refractivity contribution in [2.45, 2.75) is 25.8 Å². The maximum Gasteiger partial charge on any atom is 0.255 e. The van der Waals surface area contributed by atoms with Gasteiger partial charge in [-0.25, -0.2) is 0 Å². The largest absolute Gasteiger partial charge is 0.505 e. The lowest BCUT2D eigenvalue weighted by molar-refractivity contribution is 0.0943. The molecule has 0 radical (unpaired) electrons. The molecule has 1 aliphatic heterocycles. The van der Waals surface area contributed by atoms with Crippen molar-refractivity contribution in [1.29, 1.82) is 0 Å². The topological polar surface area (TPSA) is 108 Å². The summed E-state index contributed by atoms with van der Waals surface area (Å²) in [7, 11) is 0. The molecule has 0 bridgehead atoms. The summed E-state index contributed by atoms with van der Waals surface area (Å²) in [5, 5.41) is 19.2. The number of benzene rings is 2. The van der Waals surface area contributed by atoms with Gasteiger partial charge in [0, 0.05) is 6.54 Å². The standard InChI is InChI=1S/C22H21N3O4/c1-2-14(12-6-4-3-5-7-12)24-17-18(21(28)20(17)27)25-15-9-8-13-10-11-23-22(29)16(13)19(15)26/h3-9,14,24-26H,2,10-11H2,1H3,(H,23,29)/t14-/m1/s1. The molecule has 1 aliphatic rings. The third-order valence-electron chi connectivity index (χ3n) is 5.27. The Balaban J connectivity index is 1.64. The van der Waals surface area contributed by atoms with Crippen molar-refractivity contribution < 1.29 is 9.90 Å². The predicted molar refractivity (Wildman–Crippen MR) is 112 cm³/mol. The van der Waals surface area contributed by atoms with E-state index in [-0.39, 0.29) is 40.3 Å². The SMILES string of the molecule is CC[C@@H](Nc1c(Nc2ccc3c(c2O)C(=O)NCC3)c(=O)c1=O)c1ccccc1. The van der Waals surface area contributed by atoms with E-state index in [0.29, 0.717) is 19.4 Å². The van der Waals surface area contributed by atoms with Crippen LogP contribution in [0.2, 0.25) is 0 Å². The molecule has 1 heterocycles. The molecule has 1 amide bonds. The zero-order valence-corrected chi connectivity index (χ0v) is 15.9. The van der Waals surface area contributed by atoms with Gasteiger partial charge in [-0.2, -0.15) is 0 Å². The Labute approximate surface area is 167 Å². The highest BCUT2D eigenvalue weighted by atomic mass is 16.3. The van der Waals surface area contributed by atoms with Crippen LogP contribution in [0.4, 0.5) is 17.1 Å². The van der Waals surface area contributed by atoms with Crippen LogP contribution in [0, 0.1) is 0 Å². The highest BCUT2D eigenvalue weighted by Crippen LogP contribution is 2.35. The van der Waals surface area contributed by atoms with Crippen molar-refractivity contribution in [3.8, 4) is 5.75 Å². The van der Waals surface area contributed by atoms with Gasteiger partial charge in [-0.3, -0.25) is 14.4 Å². The second kappa shape index (κ2) is 7.43. The molecule has 0 aliphatic carbocycles. The lowest BCUT2D eigenvalue weighted by atomic mass is 9.98. The smallest absolute Gasteiger partial charge is 0.255 e. The van der Waals surface area contributed by atoms with Crippen molar-refractivity contribution in [3.05, 3.63) is 79.6 Å². The average molecular weight is 391 g/mol. The number of hydrogen-bond acceptors (Lipinski definition) is 6. The number of phenolic OH excluding ortho intramolecular Hbond substituents is 1. The maximum absolute atomic E-state index is 12.2. The normalized spacial score (nSPS) is 14.2. The number of carbonyl (C=O) groups is 1. The minimum atomic E-state index is -0.656. The van der Waals surface area contributed by atoms with Gasteiger partial charge in [-0.15, -0.1) is 0 Å². The monoisotopic (exact) mass is 391 g/mol. The van der Waals surface area contributed by atoms with Crippen LogP contribution >= 0.6 is 0 Å². The van der Waals surface area contributed by atoms with Gasteiger partial charge in [0.05, 0.1) is 17.3 Å². The van der Waals surface area contributed by atoms with Gasteiger partial charge >= 0.3 is 0 Å². The van der Waals surface area contributed by atoms with Gasteiger partial charge in [0.15, 0.2) is 5.75 Å². The molecule has 7 nitrogen and oxygen atoms in total. The number of hydrogen-bond donors (Lipinski definition) is 4. The van der Waals surface area contributed by atoms with Crippen molar-refractivity contribution in [1.82, 2.24) is 5.32 Å². The van der Waals surface area contributed by atoms with Crippen molar-refractivity contribution in [2.75, 3.05) is 17.2 Å². The Morgan fingerprint density at radius 2 is 1.76 bits per heavy atom. The lowest BCUT2D eigenvalue weighted by Gasteiger charge is -2.23. The Bertz CT molecular complexity index is 1150. The molecule has 4 N–H and O–H groups in total. The van der Waals surface area contributed by atoms with Gasteiger partial charge in [0.1, 0.15) is 11.4 Å². The van der Waals surface area contributed by atoms with Gasteiger partial charge in [0.2, 0.25) is 0 Å². The summed E-state index contributed by atoms with van der Waals surface area (Å²) in [5.74, 6) is -0.584. The predicted octanol–water partition coefficient (Wildman–Crippen LogP) is 2.58. The maximum atomic E-state index is 12.2. The number of nitrogens with one attached hydrogen (secondary N) is 3. The van der Waals surface area contributed by atoms with Gasteiger partial charge < -0.3 is 21.1 Å². The molecule has 3 aromatic rings. The van der Waals surface area contributed by atoms with Crippen LogP contribution in [0.5, 0.6) is 5.75 Å². The van der Waals surface area contributed by atoms with Gasteiger partial charge in [0.25, 0.3) is 16.8 Å². The van der Waals surface area contributed by atoms with Gasteiger partial charge in [-0.05, 0) is 30.0 Å². The molecule has 29 heavy (non-hydrogen) atoms. The van der Waals surface area contributed by atoms with E-state index in [9.17, 15) is 19.5 Å². The summed E-state index contributed by atoms with van der Waals surface area (Å²) in [6.07, 6.45) is 1.34. The summed E-state index contributed by atoms with van der Waals surface area (Å²) in [4.78, 5) is 36.5. The number of aromatic hydroxyl groups is 1. The van der Waals surface area contributed by atoms with Crippen LogP contribution in [0.3, 0.4) is 0 Å². The molecule has 3 aromatic carbocycles. The first-order valence-electron chi connectivity index (χ1n) is 9.56. The van der Waals surface area contributed by atoms with Crippen molar-refractivity contribution in [3.63, 3.8) is 0 Å². The molecule has 4 rings (SSSR count). The minimum absolute atomic E-state index is 0.0934. The molecular weight excluding hydrogens is 370 g/mol. The van der Waals surface area contributed by atoms with E-state index in [1.807, 2.05) is 37.3 Å². The quantitative estimate of drug-likeness (QED) is 0.380. The summed E-state index contributed by atoms with van der Waals surface area (Å²) < 4.78 is 0. The van der Waals surface area contributed by atoms with Crippen molar-refractivity contribution in [2.24, 2.45) is 0 Å². The number of amides is 1. The summed E-state index contributed by atoms with van der Waals surface area (Å²) in [5.41, 5.74) is 1.18.